The third kappa shape index (κ3) is 3.41. The molecule has 4 unspecified atom stereocenters. The van der Waals surface area contributed by atoms with Crippen LogP contribution in [0.25, 0.3) is 11.2 Å². The fourth-order valence-corrected chi connectivity index (χ4v) is 2.78. The molecule has 0 bridgehead atoms. The number of H-pyrrole nitrogens is 1. The van der Waals surface area contributed by atoms with Crippen LogP contribution in [0.5, 0.6) is 0 Å². The van der Waals surface area contributed by atoms with Gasteiger partial charge in [-0.3, -0.25) is 14.3 Å². The second-order valence-corrected chi connectivity index (χ2v) is 5.59. The third-order valence-corrected chi connectivity index (χ3v) is 3.90. The molecule has 0 aromatic carbocycles. The van der Waals surface area contributed by atoms with E-state index in [1.54, 1.807) is 0 Å². The number of aliphatic hydroxyl groups is 1. The van der Waals surface area contributed by atoms with Crippen molar-refractivity contribution in [3.05, 3.63) is 16.7 Å². The van der Waals surface area contributed by atoms with E-state index in [4.69, 9.17) is 31.1 Å². The number of anilines is 1. The molecule has 0 saturated carbocycles. The Morgan fingerprint density at radius 2 is 2.38 bits per heavy atom. The maximum absolute atomic E-state index is 12.0. The number of hydrogen-bond donors (Lipinski definition) is 3. The van der Waals surface area contributed by atoms with E-state index in [0.29, 0.717) is 0 Å². The summed E-state index contributed by atoms with van der Waals surface area (Å²) in [7, 11) is 1.49. The van der Waals surface area contributed by atoms with Gasteiger partial charge >= 0.3 is 0 Å². The van der Waals surface area contributed by atoms with E-state index in [9.17, 15) is 9.90 Å². The lowest BCUT2D eigenvalue weighted by Gasteiger charge is -2.21. The topological polar surface area (TPSA) is 147 Å². The number of methoxy groups -OCH3 is 1. The van der Waals surface area contributed by atoms with Crippen molar-refractivity contribution in [2.75, 3.05) is 32.9 Å². The van der Waals surface area contributed by atoms with E-state index in [2.05, 4.69) is 20.9 Å². The molecule has 4 atom stereocenters. The largest absolute Gasteiger partial charge is 0.387 e. The first-order valence-corrected chi connectivity index (χ1v) is 7.74. The van der Waals surface area contributed by atoms with Crippen LogP contribution in [0.3, 0.4) is 0 Å². The van der Waals surface area contributed by atoms with E-state index >= 15 is 0 Å². The summed E-state index contributed by atoms with van der Waals surface area (Å²) in [5.74, 6) is 2.25. The Labute approximate surface area is 148 Å². The Morgan fingerprint density at radius 1 is 1.58 bits per heavy atom. The zero-order valence-electron chi connectivity index (χ0n) is 14.0. The molecule has 1 aliphatic rings. The summed E-state index contributed by atoms with van der Waals surface area (Å²) in [6, 6.07) is 0. The van der Waals surface area contributed by atoms with E-state index < -0.39 is 30.1 Å². The Kier molecular flexibility index (Phi) is 5.50. The van der Waals surface area contributed by atoms with Crippen molar-refractivity contribution in [1.29, 1.82) is 0 Å². The summed E-state index contributed by atoms with van der Waals surface area (Å²) in [4.78, 5) is 22.5. The van der Waals surface area contributed by atoms with Gasteiger partial charge in [0.05, 0.1) is 12.9 Å². The van der Waals surface area contributed by atoms with Crippen LogP contribution in [0.4, 0.5) is 5.95 Å². The molecule has 0 spiro atoms. The number of nitrogens with zero attached hydrogens (tertiary/aromatic N) is 3. The summed E-state index contributed by atoms with van der Waals surface area (Å²) >= 11 is 0. The lowest BCUT2D eigenvalue weighted by Crippen LogP contribution is -2.36. The molecule has 0 amide bonds. The number of nitrogens with two attached hydrogens (primary N) is 1. The van der Waals surface area contributed by atoms with Gasteiger partial charge in [0.15, 0.2) is 17.4 Å². The summed E-state index contributed by atoms with van der Waals surface area (Å²) < 4.78 is 23.1. The summed E-state index contributed by atoms with van der Waals surface area (Å²) in [6.07, 6.45) is 3.18. The highest BCUT2D eigenvalue weighted by Crippen LogP contribution is 2.33. The molecule has 26 heavy (non-hydrogen) atoms. The number of imidazole rings is 1. The van der Waals surface area contributed by atoms with Gasteiger partial charge < -0.3 is 29.8 Å². The zero-order valence-corrected chi connectivity index (χ0v) is 14.0. The minimum atomic E-state index is -1.01. The average molecular weight is 365 g/mol. The molecule has 0 aliphatic carbocycles. The normalized spacial score (nSPS) is 25.6. The summed E-state index contributed by atoms with van der Waals surface area (Å²) in [6.45, 7) is 0.0666. The first-order chi connectivity index (χ1) is 12.6. The Hall–Kier alpha value is -2.49. The van der Waals surface area contributed by atoms with Crippen molar-refractivity contribution < 1.29 is 24.1 Å². The van der Waals surface area contributed by atoms with Gasteiger partial charge in [-0.25, -0.2) is 4.98 Å². The Bertz CT molecular complexity index is 858. The van der Waals surface area contributed by atoms with Gasteiger partial charge in [-0.05, 0) is 0 Å². The minimum absolute atomic E-state index is 0.0638. The fourth-order valence-electron chi connectivity index (χ4n) is 2.78. The number of aromatic amines is 1. The van der Waals surface area contributed by atoms with Crippen LogP contribution < -0.4 is 11.3 Å². The van der Waals surface area contributed by atoms with Crippen LogP contribution in [0, 0.1) is 12.3 Å². The molecule has 11 heteroatoms. The molecule has 1 aliphatic heterocycles. The third-order valence-electron chi connectivity index (χ3n) is 3.90. The highest BCUT2D eigenvalue weighted by atomic mass is 16.7. The van der Waals surface area contributed by atoms with Crippen molar-refractivity contribution in [1.82, 2.24) is 19.5 Å². The van der Waals surface area contributed by atoms with Crippen molar-refractivity contribution in [2.45, 2.75) is 24.5 Å². The van der Waals surface area contributed by atoms with Crippen molar-refractivity contribution in [3.63, 3.8) is 0 Å². The highest BCUT2D eigenvalue weighted by molar-refractivity contribution is 5.70. The molecule has 3 rings (SSSR count). The zero-order chi connectivity index (χ0) is 18.7. The molecule has 1 saturated heterocycles. The first-order valence-electron chi connectivity index (χ1n) is 7.74. The van der Waals surface area contributed by atoms with Gasteiger partial charge in [-0.2, -0.15) is 4.98 Å². The van der Waals surface area contributed by atoms with Gasteiger partial charge in [-0.15, -0.1) is 6.42 Å². The lowest BCUT2D eigenvalue weighted by molar-refractivity contribution is -0.133. The van der Waals surface area contributed by atoms with Gasteiger partial charge in [-0.1, -0.05) is 5.92 Å². The van der Waals surface area contributed by atoms with Crippen LogP contribution in [0.1, 0.15) is 6.23 Å². The predicted octanol–water partition coefficient (Wildman–Crippen LogP) is -1.40. The minimum Gasteiger partial charge on any atom is -0.387 e. The van der Waals surface area contributed by atoms with Gasteiger partial charge in [0, 0.05) is 7.11 Å². The maximum atomic E-state index is 12.0. The van der Waals surface area contributed by atoms with Crippen LogP contribution in [0.2, 0.25) is 0 Å². The number of fused-ring (bicyclic) bond motifs is 1. The smallest absolute Gasteiger partial charge is 0.280 e. The number of aromatic nitrogens is 4. The fraction of sp³-hybridized carbons (Fsp3) is 0.533. The SMILES string of the molecule is C#CCOCOC1C(O)C(COC)OC1n1cnc2c(=O)[nH]c(N)nc21. The van der Waals surface area contributed by atoms with Crippen LogP contribution in [-0.2, 0) is 18.9 Å². The number of terminal acetylenes is 1. The standard InChI is InChI=1S/C15H19N5O6/c1-3-4-24-7-25-11-10(21)8(5-23-2)26-14(11)20-6-17-9-12(20)18-15(16)19-13(9)22/h1,6,8,10-11,14,21H,4-5,7H2,2H3,(H3,16,18,19,22). The number of nitrogens with one attached hydrogen (secondary N) is 1. The lowest BCUT2D eigenvalue weighted by atomic mass is 10.1. The van der Waals surface area contributed by atoms with Crippen molar-refractivity contribution in [2.24, 2.45) is 0 Å². The highest BCUT2D eigenvalue weighted by Gasteiger charge is 2.46. The molecule has 2 aromatic heterocycles. The summed E-state index contributed by atoms with van der Waals surface area (Å²) in [5.41, 5.74) is 5.44. The average Bonchev–Trinajstić information content (AvgIpc) is 3.15. The number of ether oxygens (including phenoxy) is 4. The van der Waals surface area contributed by atoms with Crippen LogP contribution >= 0.6 is 0 Å². The first kappa shape index (κ1) is 18.3. The Morgan fingerprint density at radius 3 is 3.12 bits per heavy atom. The number of hydrogen-bond acceptors (Lipinski definition) is 9. The molecule has 3 heterocycles. The van der Waals surface area contributed by atoms with Crippen molar-refractivity contribution in [3.8, 4) is 12.3 Å². The van der Waals surface area contributed by atoms with E-state index in [1.165, 1.54) is 18.0 Å². The number of nitrogen functional groups attached to an aromatic ring is 1. The molecule has 140 valence electrons. The number of aliphatic hydroxyl groups excluding tert-OH is 1. The van der Waals surface area contributed by atoms with Gasteiger partial charge in [0.1, 0.15) is 31.7 Å². The van der Waals surface area contributed by atoms with Crippen molar-refractivity contribution >= 4 is 17.1 Å². The molecule has 4 N–H and O–H groups in total. The van der Waals surface area contributed by atoms with E-state index in [-0.39, 0.29) is 37.1 Å². The molecular formula is C15H19N5O6. The predicted molar refractivity (Wildman–Crippen MR) is 88.9 cm³/mol. The second-order valence-electron chi connectivity index (χ2n) is 5.59. The Balaban J connectivity index is 1.92. The van der Waals surface area contributed by atoms with Gasteiger partial charge in [0.2, 0.25) is 5.95 Å². The quantitative estimate of drug-likeness (QED) is 0.306. The van der Waals surface area contributed by atoms with Crippen LogP contribution in [-0.4, -0.2) is 70.1 Å². The van der Waals surface area contributed by atoms with E-state index in [0.717, 1.165) is 0 Å². The monoisotopic (exact) mass is 365 g/mol. The second kappa shape index (κ2) is 7.81. The van der Waals surface area contributed by atoms with E-state index in [1.807, 2.05) is 0 Å². The molecule has 0 radical (unpaired) electrons. The molecular weight excluding hydrogens is 346 g/mol. The summed E-state index contributed by atoms with van der Waals surface area (Å²) in [5, 5.41) is 10.5. The molecule has 2 aromatic rings. The molecule has 1 fully saturated rings. The van der Waals surface area contributed by atoms with Crippen LogP contribution in [0.15, 0.2) is 11.1 Å². The maximum Gasteiger partial charge on any atom is 0.280 e. The molecule has 11 nitrogen and oxygen atoms in total. The van der Waals surface area contributed by atoms with Gasteiger partial charge in [0.25, 0.3) is 5.56 Å². The number of rotatable bonds is 7.